The van der Waals surface area contributed by atoms with Crippen LogP contribution >= 0.6 is 22.9 Å². The van der Waals surface area contributed by atoms with Gasteiger partial charge in [0.1, 0.15) is 0 Å². The second kappa shape index (κ2) is 6.10. The molecule has 0 aromatic carbocycles. The number of rotatable bonds is 4. The standard InChI is InChI=1S/C10H13ClN4O2S/c11-10-14-13-9(18-10)8(17)12-4-3-7(16)15-5-1-2-6-15/h1-6H2,(H,12,17). The van der Waals surface area contributed by atoms with Gasteiger partial charge in [-0.15, -0.1) is 10.2 Å². The van der Waals surface area contributed by atoms with Crippen LogP contribution in [-0.4, -0.2) is 46.5 Å². The van der Waals surface area contributed by atoms with Crippen LogP contribution in [0.25, 0.3) is 0 Å². The van der Waals surface area contributed by atoms with E-state index in [9.17, 15) is 9.59 Å². The Kier molecular flexibility index (Phi) is 4.48. The topological polar surface area (TPSA) is 75.2 Å². The van der Waals surface area contributed by atoms with E-state index in [-0.39, 0.29) is 21.3 Å². The van der Waals surface area contributed by atoms with Crippen molar-refractivity contribution in [3.8, 4) is 0 Å². The average molecular weight is 289 g/mol. The van der Waals surface area contributed by atoms with Crippen molar-refractivity contribution < 1.29 is 9.59 Å². The highest BCUT2D eigenvalue weighted by molar-refractivity contribution is 7.17. The van der Waals surface area contributed by atoms with E-state index in [1.165, 1.54) is 0 Å². The van der Waals surface area contributed by atoms with Crippen molar-refractivity contribution in [2.75, 3.05) is 19.6 Å². The Morgan fingerprint density at radius 2 is 2.06 bits per heavy atom. The third-order valence-corrected chi connectivity index (χ3v) is 3.70. The van der Waals surface area contributed by atoms with Gasteiger partial charge in [-0.3, -0.25) is 9.59 Å². The zero-order valence-corrected chi connectivity index (χ0v) is 11.3. The minimum atomic E-state index is -0.339. The van der Waals surface area contributed by atoms with Gasteiger partial charge in [-0.2, -0.15) is 0 Å². The van der Waals surface area contributed by atoms with Crippen molar-refractivity contribution in [2.45, 2.75) is 19.3 Å². The number of amides is 2. The van der Waals surface area contributed by atoms with E-state index < -0.39 is 0 Å². The van der Waals surface area contributed by atoms with Crippen molar-refractivity contribution in [2.24, 2.45) is 0 Å². The van der Waals surface area contributed by atoms with Crippen molar-refractivity contribution in [1.29, 1.82) is 0 Å². The molecule has 18 heavy (non-hydrogen) atoms. The predicted molar refractivity (Wildman–Crippen MR) is 67.7 cm³/mol. The van der Waals surface area contributed by atoms with Crippen molar-refractivity contribution in [3.63, 3.8) is 0 Å². The van der Waals surface area contributed by atoms with Crippen LogP contribution in [0, 0.1) is 0 Å². The van der Waals surface area contributed by atoms with E-state index in [1.807, 2.05) is 4.90 Å². The van der Waals surface area contributed by atoms with Crippen LogP contribution in [0.4, 0.5) is 0 Å². The van der Waals surface area contributed by atoms with Gasteiger partial charge >= 0.3 is 0 Å². The average Bonchev–Trinajstić information content (AvgIpc) is 2.99. The summed E-state index contributed by atoms with van der Waals surface area (Å²) in [4.78, 5) is 25.1. The molecule has 0 spiro atoms. The number of carbonyl (C=O) groups is 2. The van der Waals surface area contributed by atoms with Gasteiger partial charge in [-0.1, -0.05) is 11.3 Å². The molecule has 1 N–H and O–H groups in total. The minimum absolute atomic E-state index is 0.0862. The molecule has 0 unspecified atom stereocenters. The van der Waals surface area contributed by atoms with Crippen molar-refractivity contribution in [3.05, 3.63) is 9.47 Å². The zero-order chi connectivity index (χ0) is 13.0. The smallest absolute Gasteiger partial charge is 0.282 e. The monoisotopic (exact) mass is 288 g/mol. The zero-order valence-electron chi connectivity index (χ0n) is 9.69. The lowest BCUT2D eigenvalue weighted by Gasteiger charge is -2.14. The van der Waals surface area contributed by atoms with Crippen LogP contribution in [-0.2, 0) is 4.79 Å². The highest BCUT2D eigenvalue weighted by atomic mass is 35.5. The first-order chi connectivity index (χ1) is 8.66. The lowest BCUT2D eigenvalue weighted by atomic mass is 10.3. The number of hydrogen-bond donors (Lipinski definition) is 1. The second-order valence-corrected chi connectivity index (χ2v) is 5.51. The summed E-state index contributed by atoms with van der Waals surface area (Å²) in [6, 6.07) is 0. The quantitative estimate of drug-likeness (QED) is 0.894. The fraction of sp³-hybridized carbons (Fsp3) is 0.600. The molecule has 1 aromatic rings. The molecule has 1 aliphatic rings. The Morgan fingerprint density at radius 3 is 2.67 bits per heavy atom. The molecule has 98 valence electrons. The van der Waals surface area contributed by atoms with Gasteiger partial charge in [0.25, 0.3) is 5.91 Å². The SMILES string of the molecule is O=C(NCCC(=O)N1CCCC1)c1nnc(Cl)s1. The van der Waals surface area contributed by atoms with Gasteiger partial charge in [0.2, 0.25) is 15.4 Å². The maximum atomic E-state index is 11.7. The Bertz CT molecular complexity index is 445. The molecular weight excluding hydrogens is 276 g/mol. The number of likely N-dealkylation sites (tertiary alicyclic amines) is 1. The summed E-state index contributed by atoms with van der Waals surface area (Å²) in [7, 11) is 0. The first kappa shape index (κ1) is 13.2. The third-order valence-electron chi connectivity index (χ3n) is 2.68. The molecule has 0 bridgehead atoms. The lowest BCUT2D eigenvalue weighted by molar-refractivity contribution is -0.129. The Hall–Kier alpha value is -1.21. The molecule has 0 aliphatic carbocycles. The van der Waals surface area contributed by atoms with E-state index in [1.54, 1.807) is 0 Å². The van der Waals surface area contributed by atoms with Gasteiger partial charge in [0.15, 0.2) is 0 Å². The van der Waals surface area contributed by atoms with Crippen LogP contribution in [0.3, 0.4) is 0 Å². The van der Waals surface area contributed by atoms with E-state index in [4.69, 9.17) is 11.6 Å². The summed E-state index contributed by atoms with van der Waals surface area (Å²) in [5.41, 5.74) is 0. The highest BCUT2D eigenvalue weighted by Crippen LogP contribution is 2.14. The molecule has 0 atom stereocenters. The molecule has 1 fully saturated rings. The lowest BCUT2D eigenvalue weighted by Crippen LogP contribution is -2.32. The van der Waals surface area contributed by atoms with Gasteiger partial charge in [-0.25, -0.2) is 0 Å². The summed E-state index contributed by atoms with van der Waals surface area (Å²) in [5, 5.41) is 10.0. The second-order valence-electron chi connectivity index (χ2n) is 3.95. The number of aromatic nitrogens is 2. The highest BCUT2D eigenvalue weighted by Gasteiger charge is 2.18. The molecular formula is C10H13ClN4O2S. The Balaban J connectivity index is 1.71. The van der Waals surface area contributed by atoms with Crippen LogP contribution < -0.4 is 5.32 Å². The van der Waals surface area contributed by atoms with Crippen molar-refractivity contribution >= 4 is 34.8 Å². The predicted octanol–water partition coefficient (Wildman–Crippen LogP) is 0.934. The Morgan fingerprint density at radius 1 is 1.33 bits per heavy atom. The molecule has 8 heteroatoms. The van der Waals surface area contributed by atoms with Gasteiger partial charge in [0, 0.05) is 26.1 Å². The largest absolute Gasteiger partial charge is 0.349 e. The molecule has 2 amide bonds. The van der Waals surface area contributed by atoms with Gasteiger partial charge < -0.3 is 10.2 Å². The van der Waals surface area contributed by atoms with E-state index in [0.29, 0.717) is 13.0 Å². The number of hydrogen-bond acceptors (Lipinski definition) is 5. The van der Waals surface area contributed by atoms with E-state index >= 15 is 0 Å². The normalized spacial score (nSPS) is 14.8. The maximum Gasteiger partial charge on any atom is 0.282 e. The number of carbonyl (C=O) groups excluding carboxylic acids is 2. The van der Waals surface area contributed by atoms with Crippen LogP contribution in [0.5, 0.6) is 0 Å². The molecule has 2 rings (SSSR count). The Labute approximate surface area is 113 Å². The van der Waals surface area contributed by atoms with Gasteiger partial charge in [0.05, 0.1) is 0 Å². The van der Waals surface area contributed by atoms with E-state index in [0.717, 1.165) is 37.3 Å². The van der Waals surface area contributed by atoms with Gasteiger partial charge in [-0.05, 0) is 24.4 Å². The molecule has 1 saturated heterocycles. The summed E-state index contributed by atoms with van der Waals surface area (Å²) in [5.74, 6) is -0.253. The first-order valence-electron chi connectivity index (χ1n) is 5.72. The molecule has 1 aromatic heterocycles. The van der Waals surface area contributed by atoms with E-state index in [2.05, 4.69) is 15.5 Å². The maximum absolute atomic E-state index is 11.7. The molecule has 6 nitrogen and oxygen atoms in total. The molecule has 1 aliphatic heterocycles. The number of nitrogens with one attached hydrogen (secondary N) is 1. The first-order valence-corrected chi connectivity index (χ1v) is 6.91. The summed E-state index contributed by atoms with van der Waals surface area (Å²) in [6.07, 6.45) is 2.46. The molecule has 0 saturated carbocycles. The number of nitrogens with zero attached hydrogens (tertiary/aromatic N) is 3. The molecule has 0 radical (unpaired) electrons. The number of halogens is 1. The third kappa shape index (κ3) is 3.39. The summed E-state index contributed by atoms with van der Waals surface area (Å²) < 4.78 is 0.230. The fourth-order valence-electron chi connectivity index (χ4n) is 1.78. The summed E-state index contributed by atoms with van der Waals surface area (Å²) >= 11 is 6.59. The fourth-order valence-corrected chi connectivity index (χ4v) is 2.53. The van der Waals surface area contributed by atoms with Crippen LogP contribution in [0.2, 0.25) is 4.47 Å². The summed E-state index contributed by atoms with van der Waals surface area (Å²) in [6.45, 7) is 1.98. The molecule has 2 heterocycles. The minimum Gasteiger partial charge on any atom is -0.349 e. The van der Waals surface area contributed by atoms with Crippen LogP contribution in [0.1, 0.15) is 29.1 Å². The van der Waals surface area contributed by atoms with Crippen molar-refractivity contribution in [1.82, 2.24) is 20.4 Å². The van der Waals surface area contributed by atoms with Crippen LogP contribution in [0.15, 0.2) is 0 Å².